The van der Waals surface area contributed by atoms with Crippen LogP contribution >= 0.6 is 0 Å². The Morgan fingerprint density at radius 3 is 2.80 bits per heavy atom. The average Bonchev–Trinajstić information content (AvgIpc) is 3.15. The van der Waals surface area contributed by atoms with Crippen LogP contribution in [-0.2, 0) is 22.6 Å². The van der Waals surface area contributed by atoms with Crippen molar-refractivity contribution in [1.82, 2.24) is 14.9 Å². The van der Waals surface area contributed by atoms with Crippen molar-refractivity contribution >= 4 is 5.97 Å². The molecule has 1 atom stereocenters. The first kappa shape index (κ1) is 17.5. The van der Waals surface area contributed by atoms with E-state index >= 15 is 0 Å². The lowest BCUT2D eigenvalue weighted by Crippen LogP contribution is -2.32. The highest BCUT2D eigenvalue weighted by molar-refractivity contribution is 5.87. The zero-order valence-electron chi connectivity index (χ0n) is 14.4. The predicted octanol–water partition coefficient (Wildman–Crippen LogP) is 2.44. The molecule has 6 heteroatoms. The fourth-order valence-corrected chi connectivity index (χ4v) is 3.00. The minimum atomic E-state index is -0.419. The Kier molecular flexibility index (Phi) is 6.09. The lowest BCUT2D eigenvalue weighted by molar-refractivity contribution is 0.0590. The molecule has 25 heavy (non-hydrogen) atoms. The van der Waals surface area contributed by atoms with E-state index in [4.69, 9.17) is 9.47 Å². The summed E-state index contributed by atoms with van der Waals surface area (Å²) in [6.45, 7) is 2.99. The Morgan fingerprint density at radius 2 is 2.08 bits per heavy atom. The number of ether oxygens (including phenoxy) is 2. The maximum atomic E-state index is 11.7. The van der Waals surface area contributed by atoms with Gasteiger partial charge in [-0.25, -0.2) is 9.78 Å². The number of aromatic nitrogens is 2. The molecule has 0 N–H and O–H groups in total. The minimum Gasteiger partial charge on any atom is -0.464 e. The standard InChI is InChI=1S/C19H23N3O3/c1-24-19(23)18-9-4-7-16(21-18)13-22(14-17-8-5-11-25-17)12-15-6-2-3-10-20-15/h2-4,6-7,9-10,17H,5,8,11-14H2,1H3/t17-/m0/s1. The second-order valence-electron chi connectivity index (χ2n) is 6.13. The highest BCUT2D eigenvalue weighted by Gasteiger charge is 2.20. The molecular formula is C19H23N3O3. The SMILES string of the molecule is COC(=O)c1cccc(CN(Cc2ccccn2)C[C@@H]2CCCO2)n1. The average molecular weight is 341 g/mol. The molecule has 0 aromatic carbocycles. The molecule has 0 spiro atoms. The van der Waals surface area contributed by atoms with Crippen LogP contribution in [-0.4, -0.2) is 47.2 Å². The third-order valence-electron chi connectivity index (χ3n) is 4.18. The van der Waals surface area contributed by atoms with Crippen LogP contribution in [0.4, 0.5) is 0 Å². The van der Waals surface area contributed by atoms with Gasteiger partial charge < -0.3 is 9.47 Å². The normalized spacial score (nSPS) is 17.0. The minimum absolute atomic E-state index is 0.243. The molecule has 0 saturated carbocycles. The highest BCUT2D eigenvalue weighted by atomic mass is 16.5. The second-order valence-corrected chi connectivity index (χ2v) is 6.13. The molecule has 132 valence electrons. The van der Waals surface area contributed by atoms with E-state index in [2.05, 4.69) is 14.9 Å². The van der Waals surface area contributed by atoms with Gasteiger partial charge in [-0.2, -0.15) is 0 Å². The fourth-order valence-electron chi connectivity index (χ4n) is 3.00. The topological polar surface area (TPSA) is 64.5 Å². The van der Waals surface area contributed by atoms with Crippen molar-refractivity contribution in [2.75, 3.05) is 20.3 Å². The molecule has 0 bridgehead atoms. The van der Waals surface area contributed by atoms with E-state index in [-0.39, 0.29) is 6.10 Å². The lowest BCUT2D eigenvalue weighted by atomic mass is 10.2. The van der Waals surface area contributed by atoms with E-state index in [1.54, 1.807) is 12.3 Å². The van der Waals surface area contributed by atoms with Crippen molar-refractivity contribution in [3.05, 3.63) is 59.7 Å². The fraction of sp³-hybridized carbons (Fsp3) is 0.421. The summed E-state index contributed by atoms with van der Waals surface area (Å²) in [5.41, 5.74) is 2.16. The Labute approximate surface area is 147 Å². The van der Waals surface area contributed by atoms with E-state index in [1.165, 1.54) is 7.11 Å². The summed E-state index contributed by atoms with van der Waals surface area (Å²) < 4.78 is 10.5. The molecule has 0 radical (unpaired) electrons. The summed E-state index contributed by atoms with van der Waals surface area (Å²) in [6.07, 6.45) is 4.23. The number of hydrogen-bond acceptors (Lipinski definition) is 6. The van der Waals surface area contributed by atoms with Gasteiger partial charge >= 0.3 is 5.97 Å². The summed E-state index contributed by atoms with van der Waals surface area (Å²) in [5, 5.41) is 0. The van der Waals surface area contributed by atoms with Gasteiger partial charge in [-0.1, -0.05) is 12.1 Å². The monoisotopic (exact) mass is 341 g/mol. The Morgan fingerprint density at radius 1 is 1.24 bits per heavy atom. The Balaban J connectivity index is 1.73. The number of nitrogens with zero attached hydrogens (tertiary/aromatic N) is 3. The van der Waals surface area contributed by atoms with Gasteiger partial charge in [0, 0.05) is 32.4 Å². The van der Waals surface area contributed by atoms with Gasteiger partial charge in [0.2, 0.25) is 0 Å². The maximum absolute atomic E-state index is 11.7. The summed E-state index contributed by atoms with van der Waals surface area (Å²) in [7, 11) is 1.36. The van der Waals surface area contributed by atoms with Gasteiger partial charge in [0.25, 0.3) is 0 Å². The summed E-state index contributed by atoms with van der Waals surface area (Å²) >= 11 is 0. The largest absolute Gasteiger partial charge is 0.464 e. The third kappa shape index (κ3) is 5.08. The number of hydrogen-bond donors (Lipinski definition) is 0. The van der Waals surface area contributed by atoms with Crippen molar-refractivity contribution in [1.29, 1.82) is 0 Å². The molecule has 0 amide bonds. The number of methoxy groups -OCH3 is 1. The molecule has 0 aliphatic carbocycles. The van der Waals surface area contributed by atoms with E-state index in [0.29, 0.717) is 18.8 Å². The first-order chi connectivity index (χ1) is 12.2. The van der Waals surface area contributed by atoms with E-state index in [0.717, 1.165) is 37.4 Å². The molecule has 3 rings (SSSR count). The van der Waals surface area contributed by atoms with Crippen molar-refractivity contribution in [2.24, 2.45) is 0 Å². The second kappa shape index (κ2) is 8.69. The zero-order chi connectivity index (χ0) is 17.5. The van der Waals surface area contributed by atoms with Crippen LogP contribution in [0.5, 0.6) is 0 Å². The van der Waals surface area contributed by atoms with Crippen molar-refractivity contribution in [3.8, 4) is 0 Å². The van der Waals surface area contributed by atoms with Crippen LogP contribution < -0.4 is 0 Å². The Bertz CT molecular complexity index is 687. The van der Waals surface area contributed by atoms with Gasteiger partial charge in [-0.3, -0.25) is 9.88 Å². The number of carbonyl (C=O) groups excluding carboxylic acids is 1. The molecule has 0 unspecified atom stereocenters. The summed E-state index contributed by atoms with van der Waals surface area (Å²) in [5.74, 6) is -0.419. The molecular weight excluding hydrogens is 318 g/mol. The molecule has 1 aliphatic heterocycles. The molecule has 3 heterocycles. The summed E-state index contributed by atoms with van der Waals surface area (Å²) in [6, 6.07) is 11.3. The van der Waals surface area contributed by atoms with Crippen molar-refractivity contribution < 1.29 is 14.3 Å². The van der Waals surface area contributed by atoms with E-state index in [1.807, 2.05) is 30.3 Å². The van der Waals surface area contributed by atoms with Crippen LogP contribution in [0.25, 0.3) is 0 Å². The van der Waals surface area contributed by atoms with Crippen LogP contribution in [0.1, 0.15) is 34.7 Å². The maximum Gasteiger partial charge on any atom is 0.356 e. The van der Waals surface area contributed by atoms with Gasteiger partial charge in [-0.05, 0) is 37.1 Å². The number of pyridine rings is 2. The Hall–Kier alpha value is -2.31. The van der Waals surface area contributed by atoms with Crippen LogP contribution in [0.15, 0.2) is 42.6 Å². The van der Waals surface area contributed by atoms with Crippen LogP contribution in [0.2, 0.25) is 0 Å². The number of rotatable bonds is 7. The molecule has 1 saturated heterocycles. The third-order valence-corrected chi connectivity index (χ3v) is 4.18. The summed E-state index contributed by atoms with van der Waals surface area (Å²) in [4.78, 5) is 22.8. The molecule has 2 aromatic heterocycles. The molecule has 2 aromatic rings. The molecule has 1 fully saturated rings. The van der Waals surface area contributed by atoms with E-state index in [9.17, 15) is 4.79 Å². The number of esters is 1. The van der Waals surface area contributed by atoms with Crippen LogP contribution in [0, 0.1) is 0 Å². The van der Waals surface area contributed by atoms with Gasteiger partial charge in [0.05, 0.1) is 24.6 Å². The van der Waals surface area contributed by atoms with Gasteiger partial charge in [0.1, 0.15) is 5.69 Å². The molecule has 6 nitrogen and oxygen atoms in total. The lowest BCUT2D eigenvalue weighted by Gasteiger charge is -2.24. The quantitative estimate of drug-likeness (QED) is 0.721. The van der Waals surface area contributed by atoms with Gasteiger partial charge in [-0.15, -0.1) is 0 Å². The van der Waals surface area contributed by atoms with Crippen molar-refractivity contribution in [3.63, 3.8) is 0 Å². The smallest absolute Gasteiger partial charge is 0.356 e. The first-order valence-electron chi connectivity index (χ1n) is 8.52. The van der Waals surface area contributed by atoms with Crippen LogP contribution in [0.3, 0.4) is 0 Å². The van der Waals surface area contributed by atoms with Gasteiger partial charge in [0.15, 0.2) is 0 Å². The highest BCUT2D eigenvalue weighted by Crippen LogP contribution is 2.16. The van der Waals surface area contributed by atoms with Crippen molar-refractivity contribution in [2.45, 2.75) is 32.0 Å². The zero-order valence-corrected chi connectivity index (χ0v) is 14.4. The first-order valence-corrected chi connectivity index (χ1v) is 8.52. The number of carbonyl (C=O) groups is 1. The van der Waals surface area contributed by atoms with E-state index < -0.39 is 5.97 Å². The predicted molar refractivity (Wildman–Crippen MR) is 92.9 cm³/mol. The molecule has 1 aliphatic rings.